The maximum Gasteiger partial charge on any atom is 0.317 e. The fourth-order valence-corrected chi connectivity index (χ4v) is 2.17. The number of carbonyl (C=O) groups is 1. The number of carbonyl (C=O) groups excluding carboxylic acids is 1. The Morgan fingerprint density at radius 3 is 3.11 bits per heavy atom. The van der Waals surface area contributed by atoms with Gasteiger partial charge in [0.05, 0.1) is 0 Å². The van der Waals surface area contributed by atoms with Gasteiger partial charge in [-0.2, -0.15) is 0 Å². The van der Waals surface area contributed by atoms with Crippen molar-refractivity contribution in [3.8, 4) is 6.01 Å². The van der Waals surface area contributed by atoms with Crippen molar-refractivity contribution in [2.45, 2.75) is 39.2 Å². The molecular weight excluding hydrogens is 230 g/mol. The number of aromatic nitrogens is 2. The summed E-state index contributed by atoms with van der Waals surface area (Å²) in [6.45, 7) is 4.80. The van der Waals surface area contributed by atoms with Crippen LogP contribution in [0.15, 0.2) is 12.3 Å². The zero-order valence-corrected chi connectivity index (χ0v) is 10.9. The molecule has 1 unspecified atom stereocenters. The quantitative estimate of drug-likeness (QED) is 0.816. The number of hydrogen-bond donors (Lipinski definition) is 0. The average molecular weight is 249 g/mol. The molecule has 5 nitrogen and oxygen atoms in total. The highest BCUT2D eigenvalue weighted by atomic mass is 16.5. The van der Waals surface area contributed by atoms with Crippen LogP contribution in [0.1, 0.15) is 31.9 Å². The van der Waals surface area contributed by atoms with E-state index in [0.717, 1.165) is 25.1 Å². The summed E-state index contributed by atoms with van der Waals surface area (Å²) in [5, 5.41) is 0. The maximum atomic E-state index is 12.0. The molecule has 0 N–H and O–H groups in total. The van der Waals surface area contributed by atoms with Gasteiger partial charge >= 0.3 is 6.01 Å². The number of likely N-dealkylation sites (tertiary alicyclic amines) is 1. The number of aryl methyl sites for hydroxylation is 1. The van der Waals surface area contributed by atoms with Crippen LogP contribution in [0.4, 0.5) is 0 Å². The highest BCUT2D eigenvalue weighted by Crippen LogP contribution is 2.16. The molecule has 1 saturated heterocycles. The largest absolute Gasteiger partial charge is 0.453 e. The van der Waals surface area contributed by atoms with Gasteiger partial charge in [0.25, 0.3) is 5.91 Å². The first-order chi connectivity index (χ1) is 8.66. The summed E-state index contributed by atoms with van der Waals surface area (Å²) in [4.78, 5) is 22.0. The summed E-state index contributed by atoms with van der Waals surface area (Å²) in [7, 11) is 0. The summed E-state index contributed by atoms with van der Waals surface area (Å²) < 4.78 is 5.34. The van der Waals surface area contributed by atoms with E-state index in [1.165, 1.54) is 6.42 Å². The van der Waals surface area contributed by atoms with Gasteiger partial charge in [-0.1, -0.05) is 0 Å². The van der Waals surface area contributed by atoms with Gasteiger partial charge in [-0.15, -0.1) is 0 Å². The van der Waals surface area contributed by atoms with Crippen LogP contribution in [0.3, 0.4) is 0 Å². The lowest BCUT2D eigenvalue weighted by molar-refractivity contribution is -0.136. The summed E-state index contributed by atoms with van der Waals surface area (Å²) in [6.07, 6.45) is 4.99. The molecule has 2 heterocycles. The Morgan fingerprint density at radius 1 is 1.56 bits per heavy atom. The summed E-state index contributed by atoms with van der Waals surface area (Å²) in [5.74, 6) is 0.0207. The Bertz CT molecular complexity index is 422. The van der Waals surface area contributed by atoms with Crippen molar-refractivity contribution in [3.63, 3.8) is 0 Å². The number of nitrogens with zero attached hydrogens (tertiary/aromatic N) is 3. The molecular formula is C13H19N3O2. The van der Waals surface area contributed by atoms with Gasteiger partial charge in [0.2, 0.25) is 0 Å². The molecule has 1 amide bonds. The van der Waals surface area contributed by atoms with Crippen molar-refractivity contribution in [3.05, 3.63) is 18.0 Å². The Labute approximate surface area is 107 Å². The number of ether oxygens (including phenoxy) is 1. The fraction of sp³-hybridized carbons (Fsp3) is 0.615. The third kappa shape index (κ3) is 3.18. The average Bonchev–Trinajstić information content (AvgIpc) is 2.37. The molecule has 0 aromatic carbocycles. The number of hydrogen-bond acceptors (Lipinski definition) is 4. The standard InChI is InChI=1S/C13H19N3O2/c1-10-6-7-14-13(15-10)18-9-12(17)16-8-4-3-5-11(16)2/h6-7,11H,3-5,8-9H2,1-2H3. The van der Waals surface area contributed by atoms with Crippen molar-refractivity contribution in [1.82, 2.24) is 14.9 Å². The highest BCUT2D eigenvalue weighted by molar-refractivity contribution is 5.78. The molecule has 18 heavy (non-hydrogen) atoms. The van der Waals surface area contributed by atoms with Gasteiger partial charge in [0.15, 0.2) is 6.61 Å². The van der Waals surface area contributed by atoms with Crippen LogP contribution in [0.25, 0.3) is 0 Å². The molecule has 0 saturated carbocycles. The summed E-state index contributed by atoms with van der Waals surface area (Å²) in [6, 6.07) is 2.38. The van der Waals surface area contributed by atoms with E-state index in [-0.39, 0.29) is 18.5 Å². The lowest BCUT2D eigenvalue weighted by Crippen LogP contribution is -2.44. The summed E-state index contributed by atoms with van der Waals surface area (Å²) in [5.41, 5.74) is 0.832. The molecule has 98 valence electrons. The third-order valence-corrected chi connectivity index (χ3v) is 3.22. The Balaban J connectivity index is 1.88. The van der Waals surface area contributed by atoms with Gasteiger partial charge in [-0.3, -0.25) is 4.79 Å². The fourth-order valence-electron chi connectivity index (χ4n) is 2.17. The van der Waals surface area contributed by atoms with Gasteiger partial charge in [-0.25, -0.2) is 9.97 Å². The summed E-state index contributed by atoms with van der Waals surface area (Å²) >= 11 is 0. The smallest absolute Gasteiger partial charge is 0.317 e. The molecule has 0 bridgehead atoms. The van der Waals surface area contributed by atoms with Crippen molar-refractivity contribution in [1.29, 1.82) is 0 Å². The minimum atomic E-state index is 0.0207. The molecule has 2 rings (SSSR count). The minimum Gasteiger partial charge on any atom is -0.453 e. The SMILES string of the molecule is Cc1ccnc(OCC(=O)N2CCCCC2C)n1. The van der Waals surface area contributed by atoms with Crippen molar-refractivity contribution in [2.24, 2.45) is 0 Å². The molecule has 0 spiro atoms. The van der Waals surface area contributed by atoms with Crippen LogP contribution in [-0.2, 0) is 4.79 Å². The second-order valence-electron chi connectivity index (χ2n) is 4.70. The highest BCUT2D eigenvalue weighted by Gasteiger charge is 2.23. The molecule has 1 atom stereocenters. The third-order valence-electron chi connectivity index (χ3n) is 3.22. The number of rotatable bonds is 3. The van der Waals surface area contributed by atoms with Crippen LogP contribution in [0, 0.1) is 6.92 Å². The normalized spacial score (nSPS) is 19.7. The lowest BCUT2D eigenvalue weighted by atomic mass is 10.0. The van der Waals surface area contributed by atoms with E-state index >= 15 is 0 Å². The van der Waals surface area contributed by atoms with Crippen molar-refractivity contribution >= 4 is 5.91 Å². The molecule has 0 aliphatic carbocycles. The molecule has 1 aliphatic rings. The molecule has 1 aromatic heterocycles. The van der Waals surface area contributed by atoms with E-state index in [1.54, 1.807) is 12.3 Å². The van der Waals surface area contributed by atoms with Gasteiger partial charge in [0, 0.05) is 24.5 Å². The zero-order chi connectivity index (χ0) is 13.0. The monoisotopic (exact) mass is 249 g/mol. The lowest BCUT2D eigenvalue weighted by Gasteiger charge is -2.33. The molecule has 0 radical (unpaired) electrons. The van der Waals surface area contributed by atoms with E-state index < -0.39 is 0 Å². The topological polar surface area (TPSA) is 55.3 Å². The van der Waals surface area contributed by atoms with E-state index in [1.807, 2.05) is 11.8 Å². The van der Waals surface area contributed by atoms with Crippen LogP contribution in [0.2, 0.25) is 0 Å². The van der Waals surface area contributed by atoms with Crippen LogP contribution < -0.4 is 4.74 Å². The predicted molar refractivity (Wildman–Crippen MR) is 67.3 cm³/mol. The minimum absolute atomic E-state index is 0.0207. The molecule has 5 heteroatoms. The molecule has 1 aromatic rings. The second-order valence-corrected chi connectivity index (χ2v) is 4.70. The van der Waals surface area contributed by atoms with Gasteiger partial charge in [-0.05, 0) is 39.2 Å². The number of amides is 1. The maximum absolute atomic E-state index is 12.0. The molecule has 1 fully saturated rings. The molecule has 1 aliphatic heterocycles. The van der Waals surface area contributed by atoms with Gasteiger partial charge < -0.3 is 9.64 Å². The Morgan fingerprint density at radius 2 is 2.39 bits per heavy atom. The van der Waals surface area contributed by atoms with Crippen LogP contribution in [-0.4, -0.2) is 40.0 Å². The first kappa shape index (κ1) is 12.8. The van der Waals surface area contributed by atoms with Gasteiger partial charge in [0.1, 0.15) is 0 Å². The first-order valence-corrected chi connectivity index (χ1v) is 6.39. The van der Waals surface area contributed by atoms with E-state index in [4.69, 9.17) is 4.74 Å². The Hall–Kier alpha value is -1.65. The predicted octanol–water partition coefficient (Wildman–Crippen LogP) is 1.56. The van der Waals surface area contributed by atoms with E-state index in [2.05, 4.69) is 16.9 Å². The zero-order valence-electron chi connectivity index (χ0n) is 10.9. The van der Waals surface area contributed by atoms with Crippen molar-refractivity contribution in [2.75, 3.05) is 13.2 Å². The van der Waals surface area contributed by atoms with E-state index in [0.29, 0.717) is 6.04 Å². The first-order valence-electron chi connectivity index (χ1n) is 6.39. The van der Waals surface area contributed by atoms with Crippen LogP contribution in [0.5, 0.6) is 6.01 Å². The van der Waals surface area contributed by atoms with Crippen LogP contribution >= 0.6 is 0 Å². The van der Waals surface area contributed by atoms with Crippen molar-refractivity contribution < 1.29 is 9.53 Å². The van der Waals surface area contributed by atoms with E-state index in [9.17, 15) is 4.79 Å². The second kappa shape index (κ2) is 5.80. The number of piperidine rings is 1. The Kier molecular flexibility index (Phi) is 4.12.